The third-order valence-corrected chi connectivity index (χ3v) is 7.11. The van der Waals surface area contributed by atoms with Crippen LogP contribution in [0.1, 0.15) is 37.5 Å². The molecule has 0 unspecified atom stereocenters. The normalized spacial score (nSPS) is 12.3. The zero-order chi connectivity index (χ0) is 30.9. The van der Waals surface area contributed by atoms with Crippen molar-refractivity contribution in [2.75, 3.05) is 18.2 Å². The number of carbonyl (C=O) groups is 1. The van der Waals surface area contributed by atoms with Crippen molar-refractivity contribution in [3.63, 3.8) is 0 Å². The summed E-state index contributed by atoms with van der Waals surface area (Å²) >= 11 is 0.923. The summed E-state index contributed by atoms with van der Waals surface area (Å²) in [5, 5.41) is 11.0. The Morgan fingerprint density at radius 1 is 0.833 bits per heavy atom. The van der Waals surface area contributed by atoms with Crippen LogP contribution in [0.4, 0.5) is 32.0 Å². The Labute approximate surface area is 242 Å². The molecule has 6 nitrogen and oxygen atoms in total. The van der Waals surface area contributed by atoms with E-state index in [1.54, 1.807) is 28.8 Å². The fraction of sp³-hybridized carbons (Fsp3) is 0.276. The molecule has 1 N–H and O–H groups in total. The highest BCUT2D eigenvalue weighted by Crippen LogP contribution is 2.38. The molecule has 1 amide bonds. The van der Waals surface area contributed by atoms with E-state index < -0.39 is 35.1 Å². The Balaban J connectivity index is 1.62. The molecule has 0 bridgehead atoms. The minimum Gasteiger partial charge on any atom is -0.497 e. The van der Waals surface area contributed by atoms with Crippen LogP contribution < -0.4 is 10.1 Å². The maximum atomic E-state index is 13.2. The van der Waals surface area contributed by atoms with Gasteiger partial charge in [0.1, 0.15) is 5.75 Å². The van der Waals surface area contributed by atoms with Crippen LogP contribution in [0, 0.1) is 0 Å². The second-order valence-electron chi connectivity index (χ2n) is 10.3. The van der Waals surface area contributed by atoms with Crippen LogP contribution in [-0.2, 0) is 22.6 Å². The molecular formula is C29H26F6N4O2S. The molecule has 0 fully saturated rings. The van der Waals surface area contributed by atoms with Crippen LogP contribution in [0.3, 0.4) is 0 Å². The predicted molar refractivity (Wildman–Crippen MR) is 148 cm³/mol. The number of aromatic nitrogens is 3. The average Bonchev–Trinajstić information content (AvgIpc) is 3.34. The van der Waals surface area contributed by atoms with Gasteiger partial charge in [0, 0.05) is 16.9 Å². The highest BCUT2D eigenvalue weighted by molar-refractivity contribution is 7.99. The van der Waals surface area contributed by atoms with Crippen molar-refractivity contribution >= 4 is 23.4 Å². The number of anilines is 1. The van der Waals surface area contributed by atoms with Crippen LogP contribution in [-0.4, -0.2) is 33.5 Å². The van der Waals surface area contributed by atoms with Crippen LogP contribution in [0.15, 0.2) is 71.9 Å². The van der Waals surface area contributed by atoms with Gasteiger partial charge in [0.25, 0.3) is 0 Å². The summed E-state index contributed by atoms with van der Waals surface area (Å²) in [5.41, 5.74) is -1.26. The first kappa shape index (κ1) is 30.9. The molecule has 4 aromatic rings. The fourth-order valence-corrected chi connectivity index (χ4v) is 4.74. The molecule has 3 aromatic carbocycles. The van der Waals surface area contributed by atoms with Crippen molar-refractivity contribution in [3.05, 3.63) is 83.4 Å². The van der Waals surface area contributed by atoms with Crippen molar-refractivity contribution in [2.45, 2.75) is 43.7 Å². The highest BCUT2D eigenvalue weighted by atomic mass is 32.2. The second kappa shape index (κ2) is 11.7. The largest absolute Gasteiger partial charge is 0.497 e. The van der Waals surface area contributed by atoms with E-state index in [1.165, 1.54) is 7.11 Å². The topological polar surface area (TPSA) is 69.0 Å². The quantitative estimate of drug-likeness (QED) is 0.170. The maximum absolute atomic E-state index is 13.2. The maximum Gasteiger partial charge on any atom is 0.416 e. The van der Waals surface area contributed by atoms with Crippen molar-refractivity contribution in [1.29, 1.82) is 0 Å². The Morgan fingerprint density at radius 2 is 1.40 bits per heavy atom. The number of nitrogens with one attached hydrogen (secondary N) is 1. The molecule has 0 aliphatic rings. The van der Waals surface area contributed by atoms with Crippen LogP contribution >= 0.6 is 11.8 Å². The first-order valence-corrected chi connectivity index (χ1v) is 13.5. The molecule has 0 aliphatic heterocycles. The molecule has 0 spiro atoms. The molecule has 1 heterocycles. The fourth-order valence-electron chi connectivity index (χ4n) is 3.99. The van der Waals surface area contributed by atoms with E-state index in [0.717, 1.165) is 22.9 Å². The first-order chi connectivity index (χ1) is 19.6. The third-order valence-electron chi connectivity index (χ3n) is 6.18. The number of amides is 1. The molecular weight excluding hydrogens is 582 g/mol. The van der Waals surface area contributed by atoms with E-state index in [0.29, 0.717) is 29.4 Å². The summed E-state index contributed by atoms with van der Waals surface area (Å²) in [4.78, 5) is 12.7. The van der Waals surface area contributed by atoms with Gasteiger partial charge in [-0.15, -0.1) is 10.2 Å². The standard InChI is InChI=1S/C29H26F6N4O2S/c1-27(2,3)18-7-5-17(6-8-18)25-37-38-26(39(25)22-9-11-23(41-4)12-10-22)42-16-24(40)36-21-14-19(28(30,31)32)13-20(15-21)29(33,34)35/h5-15H,16H2,1-4H3,(H,36,40). The predicted octanol–water partition coefficient (Wildman–Crippen LogP) is 8.01. The molecule has 0 saturated heterocycles. The van der Waals surface area contributed by atoms with Gasteiger partial charge in [-0.25, -0.2) is 0 Å². The Morgan fingerprint density at radius 3 is 1.90 bits per heavy atom. The van der Waals surface area contributed by atoms with Crippen molar-refractivity contribution in [3.8, 4) is 22.8 Å². The zero-order valence-electron chi connectivity index (χ0n) is 22.9. The number of hydrogen-bond acceptors (Lipinski definition) is 5. The number of carbonyl (C=O) groups excluding carboxylic acids is 1. The van der Waals surface area contributed by atoms with Gasteiger partial charge in [-0.1, -0.05) is 56.8 Å². The van der Waals surface area contributed by atoms with Gasteiger partial charge in [-0.3, -0.25) is 9.36 Å². The summed E-state index contributed by atoms with van der Waals surface area (Å²) in [6, 6.07) is 15.7. The lowest BCUT2D eigenvalue weighted by Crippen LogP contribution is -2.17. The molecule has 0 radical (unpaired) electrons. The molecule has 0 saturated carbocycles. The summed E-state index contributed by atoms with van der Waals surface area (Å²) < 4.78 is 86.2. The number of ether oxygens (including phenoxy) is 1. The number of halogens is 6. The highest BCUT2D eigenvalue weighted by Gasteiger charge is 2.37. The van der Waals surface area contributed by atoms with E-state index in [4.69, 9.17) is 4.74 Å². The number of methoxy groups -OCH3 is 1. The van der Waals surface area contributed by atoms with Crippen molar-refractivity contribution in [1.82, 2.24) is 14.8 Å². The van der Waals surface area contributed by atoms with Crippen LogP contribution in [0.25, 0.3) is 17.1 Å². The number of hydrogen-bond donors (Lipinski definition) is 1. The van der Waals surface area contributed by atoms with E-state index in [9.17, 15) is 31.1 Å². The van der Waals surface area contributed by atoms with Crippen LogP contribution in [0.2, 0.25) is 0 Å². The smallest absolute Gasteiger partial charge is 0.416 e. The molecule has 0 aliphatic carbocycles. The number of alkyl halides is 6. The third kappa shape index (κ3) is 7.25. The lowest BCUT2D eigenvalue weighted by atomic mass is 9.87. The molecule has 222 valence electrons. The van der Waals surface area contributed by atoms with E-state index >= 15 is 0 Å². The number of rotatable bonds is 7. The zero-order valence-corrected chi connectivity index (χ0v) is 23.7. The number of benzene rings is 3. The summed E-state index contributed by atoms with van der Waals surface area (Å²) in [6.45, 7) is 6.26. The Hall–Kier alpha value is -4.00. The number of nitrogens with zero attached hydrogens (tertiary/aromatic N) is 3. The van der Waals surface area contributed by atoms with Gasteiger partial charge >= 0.3 is 12.4 Å². The number of thioether (sulfide) groups is 1. The minimum atomic E-state index is -5.04. The molecule has 1 aromatic heterocycles. The lowest BCUT2D eigenvalue weighted by Gasteiger charge is -2.19. The van der Waals surface area contributed by atoms with Crippen molar-refractivity contribution < 1.29 is 35.9 Å². The van der Waals surface area contributed by atoms with E-state index in [1.807, 2.05) is 24.3 Å². The minimum absolute atomic E-state index is 0.00269. The van der Waals surface area contributed by atoms with Crippen molar-refractivity contribution in [2.24, 2.45) is 0 Å². The first-order valence-electron chi connectivity index (χ1n) is 12.5. The SMILES string of the molecule is COc1ccc(-n2c(SCC(=O)Nc3cc(C(F)(F)F)cc(C(F)(F)F)c3)nnc2-c2ccc(C(C)(C)C)cc2)cc1. The summed E-state index contributed by atoms with van der Waals surface area (Å²) in [6.07, 6.45) is -10.1. The van der Waals surface area contributed by atoms with Gasteiger partial charge in [-0.2, -0.15) is 26.3 Å². The molecule has 0 atom stereocenters. The van der Waals surface area contributed by atoms with E-state index in [-0.39, 0.29) is 22.4 Å². The van der Waals surface area contributed by atoms with Gasteiger partial charge in [0.15, 0.2) is 11.0 Å². The van der Waals surface area contributed by atoms with Gasteiger partial charge in [-0.05, 0) is 53.4 Å². The van der Waals surface area contributed by atoms with Crippen LogP contribution in [0.5, 0.6) is 5.75 Å². The lowest BCUT2D eigenvalue weighted by molar-refractivity contribution is -0.143. The summed E-state index contributed by atoms with van der Waals surface area (Å²) in [7, 11) is 1.53. The Bertz CT molecular complexity index is 1530. The van der Waals surface area contributed by atoms with Gasteiger partial charge in [0.05, 0.1) is 24.0 Å². The summed E-state index contributed by atoms with van der Waals surface area (Å²) in [5.74, 6) is -0.116. The molecule has 42 heavy (non-hydrogen) atoms. The van der Waals surface area contributed by atoms with Gasteiger partial charge in [0.2, 0.25) is 5.91 Å². The van der Waals surface area contributed by atoms with E-state index in [2.05, 4.69) is 36.3 Å². The second-order valence-corrected chi connectivity index (χ2v) is 11.2. The monoisotopic (exact) mass is 608 g/mol. The Kier molecular flexibility index (Phi) is 8.63. The van der Waals surface area contributed by atoms with Gasteiger partial charge < -0.3 is 10.1 Å². The molecule has 4 rings (SSSR count). The average molecular weight is 609 g/mol. The molecule has 13 heteroatoms.